The third kappa shape index (κ3) is 2.42. The first-order chi connectivity index (χ1) is 12.6. The standard InChI is InChI=1S/C19H12N4O3/c20-17(25)13-10-14(16(24)11-6-2-1-3-7-11)22-23-15-9-5-4-8-12(15)19(26)21-18(13)23/h1-10H,(H2,20,25). The third-order valence-corrected chi connectivity index (χ3v) is 4.03. The van der Waals surface area contributed by atoms with Crippen molar-refractivity contribution in [3.8, 4) is 0 Å². The Kier molecular flexibility index (Phi) is 3.54. The van der Waals surface area contributed by atoms with E-state index in [1.807, 2.05) is 0 Å². The smallest absolute Gasteiger partial charge is 0.281 e. The number of fused-ring (bicyclic) bond motifs is 3. The SMILES string of the molecule is NC(=O)c1cc(C(=O)c2ccccc2)nn2c1nc(=O)c1ccccc12. The van der Waals surface area contributed by atoms with Crippen LogP contribution in [0.1, 0.15) is 26.4 Å². The molecule has 0 spiro atoms. The number of para-hydroxylation sites is 1. The van der Waals surface area contributed by atoms with E-state index in [1.165, 1.54) is 10.6 Å². The van der Waals surface area contributed by atoms with E-state index in [9.17, 15) is 14.4 Å². The first kappa shape index (κ1) is 15.6. The van der Waals surface area contributed by atoms with E-state index in [4.69, 9.17) is 5.73 Å². The van der Waals surface area contributed by atoms with Crippen LogP contribution in [0, 0.1) is 0 Å². The van der Waals surface area contributed by atoms with Crippen LogP contribution in [0.4, 0.5) is 0 Å². The fourth-order valence-electron chi connectivity index (χ4n) is 2.80. The summed E-state index contributed by atoms with van der Waals surface area (Å²) in [6.07, 6.45) is 0. The van der Waals surface area contributed by atoms with Gasteiger partial charge in [-0.3, -0.25) is 14.4 Å². The number of nitrogens with two attached hydrogens (primary N) is 1. The maximum Gasteiger partial charge on any atom is 0.281 e. The molecule has 0 fully saturated rings. The van der Waals surface area contributed by atoms with E-state index in [2.05, 4.69) is 10.1 Å². The highest BCUT2D eigenvalue weighted by Gasteiger charge is 2.19. The van der Waals surface area contributed by atoms with Crippen LogP contribution < -0.4 is 11.3 Å². The van der Waals surface area contributed by atoms with Gasteiger partial charge in [0.1, 0.15) is 5.69 Å². The second kappa shape index (κ2) is 5.89. The van der Waals surface area contributed by atoms with Gasteiger partial charge in [0.2, 0.25) is 5.78 Å². The number of benzene rings is 2. The molecule has 26 heavy (non-hydrogen) atoms. The molecule has 7 nitrogen and oxygen atoms in total. The topological polar surface area (TPSA) is 107 Å². The van der Waals surface area contributed by atoms with Gasteiger partial charge < -0.3 is 5.73 Å². The van der Waals surface area contributed by atoms with E-state index < -0.39 is 11.5 Å². The zero-order chi connectivity index (χ0) is 18.3. The Balaban J connectivity index is 2.09. The first-order valence-corrected chi connectivity index (χ1v) is 7.78. The molecule has 2 aromatic heterocycles. The molecule has 0 aliphatic carbocycles. The van der Waals surface area contributed by atoms with E-state index in [0.717, 1.165) is 0 Å². The van der Waals surface area contributed by atoms with Crippen molar-refractivity contribution in [2.24, 2.45) is 5.73 Å². The number of amides is 1. The predicted octanol–water partition coefficient (Wildman–Crippen LogP) is 1.57. The molecular weight excluding hydrogens is 332 g/mol. The van der Waals surface area contributed by atoms with Gasteiger partial charge >= 0.3 is 0 Å². The number of primary amides is 1. The van der Waals surface area contributed by atoms with Crippen LogP contribution in [-0.4, -0.2) is 26.3 Å². The van der Waals surface area contributed by atoms with Crippen molar-refractivity contribution in [1.29, 1.82) is 0 Å². The van der Waals surface area contributed by atoms with Crippen molar-refractivity contribution in [2.45, 2.75) is 0 Å². The van der Waals surface area contributed by atoms with Crippen molar-refractivity contribution in [3.63, 3.8) is 0 Å². The van der Waals surface area contributed by atoms with Gasteiger partial charge in [-0.05, 0) is 18.2 Å². The van der Waals surface area contributed by atoms with Gasteiger partial charge in [0, 0.05) is 5.56 Å². The number of hydrogen-bond donors (Lipinski definition) is 1. The van der Waals surface area contributed by atoms with Gasteiger partial charge in [0.05, 0.1) is 16.5 Å². The van der Waals surface area contributed by atoms with Crippen LogP contribution >= 0.6 is 0 Å². The van der Waals surface area contributed by atoms with Crippen molar-refractivity contribution in [3.05, 3.63) is 87.8 Å². The molecule has 4 rings (SSSR count). The summed E-state index contributed by atoms with van der Waals surface area (Å²) in [5.41, 5.74) is 5.83. The second-order valence-electron chi connectivity index (χ2n) is 5.67. The Morgan fingerprint density at radius 1 is 0.962 bits per heavy atom. The quantitative estimate of drug-likeness (QED) is 0.448. The average Bonchev–Trinajstić information content (AvgIpc) is 2.67. The third-order valence-electron chi connectivity index (χ3n) is 4.03. The van der Waals surface area contributed by atoms with E-state index >= 15 is 0 Å². The Morgan fingerprint density at radius 2 is 1.65 bits per heavy atom. The lowest BCUT2D eigenvalue weighted by atomic mass is 10.1. The van der Waals surface area contributed by atoms with E-state index in [-0.39, 0.29) is 22.7 Å². The van der Waals surface area contributed by atoms with Gasteiger partial charge in [-0.15, -0.1) is 0 Å². The minimum Gasteiger partial charge on any atom is -0.365 e. The minimum atomic E-state index is -0.797. The Labute approximate surface area is 146 Å². The molecule has 2 heterocycles. The zero-order valence-corrected chi connectivity index (χ0v) is 13.4. The van der Waals surface area contributed by atoms with Gasteiger partial charge in [-0.2, -0.15) is 10.1 Å². The molecule has 2 aromatic carbocycles. The van der Waals surface area contributed by atoms with Crippen LogP contribution in [-0.2, 0) is 0 Å². The molecule has 0 bridgehead atoms. The number of rotatable bonds is 3. The summed E-state index contributed by atoms with van der Waals surface area (Å²) < 4.78 is 1.31. The van der Waals surface area contributed by atoms with Crippen molar-refractivity contribution in [2.75, 3.05) is 0 Å². The lowest BCUT2D eigenvalue weighted by Gasteiger charge is -2.10. The highest BCUT2D eigenvalue weighted by molar-refractivity contribution is 6.09. The molecule has 126 valence electrons. The van der Waals surface area contributed by atoms with Gasteiger partial charge in [-0.1, -0.05) is 42.5 Å². The summed E-state index contributed by atoms with van der Waals surface area (Å²) in [4.78, 5) is 40.8. The number of aromatic nitrogens is 3. The van der Waals surface area contributed by atoms with Gasteiger partial charge in [0.15, 0.2) is 5.65 Å². The predicted molar refractivity (Wildman–Crippen MR) is 95.2 cm³/mol. The Morgan fingerprint density at radius 3 is 2.38 bits per heavy atom. The van der Waals surface area contributed by atoms with Gasteiger partial charge in [0.25, 0.3) is 11.5 Å². The zero-order valence-electron chi connectivity index (χ0n) is 13.4. The van der Waals surface area contributed by atoms with Crippen LogP contribution in [0.15, 0.2) is 65.5 Å². The van der Waals surface area contributed by atoms with E-state index in [1.54, 1.807) is 54.6 Å². The summed E-state index contributed by atoms with van der Waals surface area (Å²) in [5, 5.41) is 4.65. The summed E-state index contributed by atoms with van der Waals surface area (Å²) >= 11 is 0. The lowest BCUT2D eigenvalue weighted by Crippen LogP contribution is -2.21. The number of ketones is 1. The molecule has 0 saturated carbocycles. The molecule has 0 saturated heterocycles. The van der Waals surface area contributed by atoms with Crippen molar-refractivity contribution < 1.29 is 9.59 Å². The monoisotopic (exact) mass is 344 g/mol. The fourth-order valence-corrected chi connectivity index (χ4v) is 2.80. The fraction of sp³-hybridized carbons (Fsp3) is 0. The molecule has 0 atom stereocenters. The summed E-state index contributed by atoms with van der Waals surface area (Å²) in [6, 6.07) is 16.5. The molecule has 7 heteroatoms. The molecule has 0 radical (unpaired) electrons. The highest BCUT2D eigenvalue weighted by Crippen LogP contribution is 2.16. The maximum atomic E-state index is 12.8. The molecule has 0 aliphatic rings. The molecular formula is C19H12N4O3. The number of carbonyl (C=O) groups is 2. The molecule has 4 aromatic rings. The Bertz CT molecular complexity index is 1250. The summed E-state index contributed by atoms with van der Waals surface area (Å²) in [6.45, 7) is 0. The largest absolute Gasteiger partial charge is 0.365 e. The molecule has 0 aliphatic heterocycles. The highest BCUT2D eigenvalue weighted by atomic mass is 16.1. The molecule has 0 unspecified atom stereocenters. The average molecular weight is 344 g/mol. The normalized spacial score (nSPS) is 10.9. The summed E-state index contributed by atoms with van der Waals surface area (Å²) in [5.74, 6) is -1.16. The lowest BCUT2D eigenvalue weighted by molar-refractivity contribution is 0.100. The minimum absolute atomic E-state index is 0.0193. The van der Waals surface area contributed by atoms with Gasteiger partial charge in [-0.25, -0.2) is 4.52 Å². The van der Waals surface area contributed by atoms with E-state index in [0.29, 0.717) is 16.5 Å². The Hall–Kier alpha value is -3.87. The van der Waals surface area contributed by atoms with Crippen LogP contribution in [0.2, 0.25) is 0 Å². The summed E-state index contributed by atoms with van der Waals surface area (Å²) in [7, 11) is 0. The molecule has 2 N–H and O–H groups in total. The number of nitrogens with zero attached hydrogens (tertiary/aromatic N) is 3. The number of carbonyl (C=O) groups excluding carboxylic acids is 2. The van der Waals surface area contributed by atoms with Crippen LogP contribution in [0.25, 0.3) is 16.6 Å². The van der Waals surface area contributed by atoms with Crippen molar-refractivity contribution >= 4 is 28.2 Å². The van der Waals surface area contributed by atoms with Crippen LogP contribution in [0.3, 0.4) is 0 Å². The second-order valence-corrected chi connectivity index (χ2v) is 5.67. The number of hydrogen-bond acceptors (Lipinski definition) is 5. The maximum absolute atomic E-state index is 12.8. The first-order valence-electron chi connectivity index (χ1n) is 7.78. The van der Waals surface area contributed by atoms with Crippen LogP contribution in [0.5, 0.6) is 0 Å². The molecule has 1 amide bonds. The van der Waals surface area contributed by atoms with Crippen molar-refractivity contribution in [1.82, 2.24) is 14.6 Å².